The Hall–Kier alpha value is -1.61. The summed E-state index contributed by atoms with van der Waals surface area (Å²) in [5, 5.41) is 10.3. The van der Waals surface area contributed by atoms with Crippen LogP contribution in [0.1, 0.15) is 109 Å². The van der Waals surface area contributed by atoms with Gasteiger partial charge in [0.15, 0.2) is 5.58 Å². The molecule has 0 saturated heterocycles. The molecular formula is C25H39NO2. The smallest absolute Gasteiger partial charge is 0.224 e. The first kappa shape index (κ1) is 22.7. The molecule has 2 rings (SSSR count). The van der Waals surface area contributed by atoms with E-state index in [2.05, 4.69) is 24.1 Å². The number of allylic oxidation sites excluding steroid dienone is 2. The lowest BCUT2D eigenvalue weighted by Gasteiger charge is -2.06. The van der Waals surface area contributed by atoms with Crippen molar-refractivity contribution in [3.05, 3.63) is 42.3 Å². The highest BCUT2D eigenvalue weighted by Gasteiger charge is 2.14. The van der Waals surface area contributed by atoms with Gasteiger partial charge in [-0.2, -0.15) is 0 Å². The number of oxazole rings is 1. The number of aliphatic hydroxyl groups excluding tert-OH is 1. The Morgan fingerprint density at radius 3 is 2.14 bits per heavy atom. The van der Waals surface area contributed by atoms with E-state index in [1.165, 1.54) is 77.0 Å². The molecule has 0 saturated carbocycles. The SMILES string of the molecule is CCCCCCCCC=CCCCCCCCC(O)c1nc2ccccc2o1. The van der Waals surface area contributed by atoms with E-state index in [1.807, 2.05) is 24.3 Å². The Morgan fingerprint density at radius 2 is 1.46 bits per heavy atom. The molecule has 156 valence electrons. The van der Waals surface area contributed by atoms with E-state index in [-0.39, 0.29) is 0 Å². The first-order valence-corrected chi connectivity index (χ1v) is 11.5. The number of aromatic nitrogens is 1. The molecule has 2 aromatic rings. The quantitative estimate of drug-likeness (QED) is 0.236. The molecule has 1 heterocycles. The van der Waals surface area contributed by atoms with Gasteiger partial charge in [-0.25, -0.2) is 4.98 Å². The van der Waals surface area contributed by atoms with Gasteiger partial charge in [0.2, 0.25) is 5.89 Å². The van der Waals surface area contributed by atoms with Crippen LogP contribution >= 0.6 is 0 Å². The number of benzene rings is 1. The third-order valence-electron chi connectivity index (χ3n) is 5.33. The summed E-state index contributed by atoms with van der Waals surface area (Å²) in [7, 11) is 0. The normalized spacial score (nSPS) is 12.9. The second-order valence-electron chi connectivity index (χ2n) is 7.91. The van der Waals surface area contributed by atoms with E-state index in [0.29, 0.717) is 5.89 Å². The van der Waals surface area contributed by atoms with Gasteiger partial charge in [-0.1, -0.05) is 89.0 Å². The summed E-state index contributed by atoms with van der Waals surface area (Å²) >= 11 is 0. The molecule has 0 bridgehead atoms. The van der Waals surface area contributed by atoms with E-state index in [1.54, 1.807) is 0 Å². The standard InChI is InChI=1S/C25H39NO2/c1-2-3-4-5-6-7-8-9-10-11-12-13-14-15-16-20-23(27)25-26-22-19-17-18-21-24(22)28-25/h9-10,17-19,21,23,27H,2-8,11-16,20H2,1H3. The van der Waals surface area contributed by atoms with Crippen molar-refractivity contribution in [1.82, 2.24) is 4.98 Å². The van der Waals surface area contributed by atoms with Crippen LogP contribution in [0, 0.1) is 0 Å². The Labute approximate surface area is 171 Å². The van der Waals surface area contributed by atoms with Crippen molar-refractivity contribution >= 4 is 11.1 Å². The van der Waals surface area contributed by atoms with Crippen molar-refractivity contribution in [3.8, 4) is 0 Å². The Balaban J connectivity index is 1.41. The van der Waals surface area contributed by atoms with Crippen molar-refractivity contribution in [2.24, 2.45) is 0 Å². The number of aliphatic hydroxyl groups is 1. The molecule has 1 N–H and O–H groups in total. The maximum absolute atomic E-state index is 10.3. The molecule has 1 aromatic carbocycles. The van der Waals surface area contributed by atoms with Crippen molar-refractivity contribution < 1.29 is 9.52 Å². The average Bonchev–Trinajstić information content (AvgIpc) is 3.15. The molecule has 0 fully saturated rings. The summed E-state index contributed by atoms with van der Waals surface area (Å²) in [5.74, 6) is 0.455. The molecular weight excluding hydrogens is 346 g/mol. The van der Waals surface area contributed by atoms with Gasteiger partial charge in [0.25, 0.3) is 0 Å². The predicted molar refractivity (Wildman–Crippen MR) is 118 cm³/mol. The zero-order valence-corrected chi connectivity index (χ0v) is 17.7. The predicted octanol–water partition coefficient (Wildman–Crippen LogP) is 7.90. The molecule has 0 spiro atoms. The monoisotopic (exact) mass is 385 g/mol. The van der Waals surface area contributed by atoms with Gasteiger partial charge >= 0.3 is 0 Å². The third kappa shape index (κ3) is 9.05. The Kier molecular flexibility index (Phi) is 11.7. The van der Waals surface area contributed by atoms with Crippen LogP contribution in [0.25, 0.3) is 11.1 Å². The topological polar surface area (TPSA) is 46.3 Å². The molecule has 3 nitrogen and oxygen atoms in total. The molecule has 0 aliphatic rings. The second kappa shape index (κ2) is 14.4. The third-order valence-corrected chi connectivity index (χ3v) is 5.33. The number of fused-ring (bicyclic) bond motifs is 1. The number of rotatable bonds is 16. The van der Waals surface area contributed by atoms with Crippen LogP contribution in [0.4, 0.5) is 0 Å². The Bertz CT molecular complexity index is 628. The van der Waals surface area contributed by atoms with Gasteiger partial charge in [0, 0.05) is 0 Å². The minimum Gasteiger partial charge on any atom is -0.438 e. The molecule has 28 heavy (non-hydrogen) atoms. The lowest BCUT2D eigenvalue weighted by Crippen LogP contribution is -1.97. The molecule has 1 atom stereocenters. The van der Waals surface area contributed by atoms with E-state index in [4.69, 9.17) is 4.42 Å². The van der Waals surface area contributed by atoms with Crippen LogP contribution in [0.2, 0.25) is 0 Å². The molecule has 0 aliphatic heterocycles. The minimum absolute atomic E-state index is 0.455. The van der Waals surface area contributed by atoms with Crippen molar-refractivity contribution in [2.75, 3.05) is 0 Å². The summed E-state index contributed by atoms with van der Waals surface area (Å²) < 4.78 is 5.64. The average molecular weight is 386 g/mol. The fourth-order valence-corrected chi connectivity index (χ4v) is 3.56. The number of hydrogen-bond donors (Lipinski definition) is 1. The minimum atomic E-state index is -0.586. The van der Waals surface area contributed by atoms with Crippen LogP contribution in [0.15, 0.2) is 40.8 Å². The van der Waals surface area contributed by atoms with Gasteiger partial charge in [0.1, 0.15) is 11.6 Å². The Morgan fingerprint density at radius 1 is 0.857 bits per heavy atom. The van der Waals surface area contributed by atoms with Crippen molar-refractivity contribution in [2.45, 2.75) is 103 Å². The zero-order valence-electron chi connectivity index (χ0n) is 17.7. The lowest BCUT2D eigenvalue weighted by atomic mass is 10.1. The van der Waals surface area contributed by atoms with E-state index < -0.39 is 6.10 Å². The maximum Gasteiger partial charge on any atom is 0.224 e. The number of unbranched alkanes of at least 4 members (excludes halogenated alkanes) is 11. The highest BCUT2D eigenvalue weighted by molar-refractivity contribution is 5.72. The second-order valence-corrected chi connectivity index (χ2v) is 7.91. The highest BCUT2D eigenvalue weighted by atomic mass is 16.4. The molecule has 0 amide bonds. The zero-order chi connectivity index (χ0) is 19.9. The summed E-state index contributed by atoms with van der Waals surface area (Å²) in [6.07, 6.45) is 21.6. The number of hydrogen-bond acceptors (Lipinski definition) is 3. The lowest BCUT2D eigenvalue weighted by molar-refractivity contribution is 0.133. The largest absolute Gasteiger partial charge is 0.438 e. The van der Waals surface area contributed by atoms with E-state index in [9.17, 15) is 5.11 Å². The number of nitrogens with zero attached hydrogens (tertiary/aromatic N) is 1. The molecule has 3 heteroatoms. The maximum atomic E-state index is 10.3. The first-order chi connectivity index (χ1) is 13.8. The van der Waals surface area contributed by atoms with Crippen LogP contribution in [-0.4, -0.2) is 10.1 Å². The summed E-state index contributed by atoms with van der Waals surface area (Å²) in [6.45, 7) is 2.27. The van der Waals surface area contributed by atoms with E-state index >= 15 is 0 Å². The first-order valence-electron chi connectivity index (χ1n) is 11.5. The fourth-order valence-electron chi connectivity index (χ4n) is 3.56. The number of para-hydroxylation sites is 2. The summed E-state index contributed by atoms with van der Waals surface area (Å²) in [4.78, 5) is 4.38. The van der Waals surface area contributed by atoms with Gasteiger partial charge < -0.3 is 9.52 Å². The van der Waals surface area contributed by atoms with Gasteiger partial charge in [-0.05, 0) is 44.2 Å². The van der Waals surface area contributed by atoms with Crippen LogP contribution in [0.5, 0.6) is 0 Å². The van der Waals surface area contributed by atoms with Crippen LogP contribution < -0.4 is 0 Å². The van der Waals surface area contributed by atoms with Crippen LogP contribution in [-0.2, 0) is 0 Å². The molecule has 0 radical (unpaired) electrons. The van der Waals surface area contributed by atoms with Crippen molar-refractivity contribution in [3.63, 3.8) is 0 Å². The van der Waals surface area contributed by atoms with Gasteiger partial charge in [-0.3, -0.25) is 0 Å². The molecule has 1 aromatic heterocycles. The van der Waals surface area contributed by atoms with Gasteiger partial charge in [0.05, 0.1) is 0 Å². The molecule has 1 unspecified atom stereocenters. The summed E-state index contributed by atoms with van der Waals surface area (Å²) in [6, 6.07) is 7.66. The van der Waals surface area contributed by atoms with E-state index in [0.717, 1.165) is 23.9 Å². The van der Waals surface area contributed by atoms with Gasteiger partial charge in [-0.15, -0.1) is 0 Å². The fraction of sp³-hybridized carbons (Fsp3) is 0.640. The van der Waals surface area contributed by atoms with Crippen LogP contribution in [0.3, 0.4) is 0 Å². The summed E-state index contributed by atoms with van der Waals surface area (Å²) in [5.41, 5.74) is 1.57. The molecule has 0 aliphatic carbocycles. The highest BCUT2D eigenvalue weighted by Crippen LogP contribution is 2.23. The van der Waals surface area contributed by atoms with Crippen molar-refractivity contribution in [1.29, 1.82) is 0 Å².